The highest BCUT2D eigenvalue weighted by atomic mass is 79.9. The van der Waals surface area contributed by atoms with Gasteiger partial charge in [0.2, 0.25) is 0 Å². The third-order valence-electron chi connectivity index (χ3n) is 12.6. The van der Waals surface area contributed by atoms with Crippen LogP contribution in [0, 0.1) is 20.8 Å². The zero-order valence-corrected chi connectivity index (χ0v) is 43.0. The third kappa shape index (κ3) is 8.75. The first-order valence-electron chi connectivity index (χ1n) is 22.2. The first-order valence-corrected chi connectivity index (χ1v) is 23.8. The summed E-state index contributed by atoms with van der Waals surface area (Å²) in [5.74, 6) is 0. The van der Waals surface area contributed by atoms with Crippen molar-refractivity contribution >= 4 is 78.2 Å². The highest BCUT2D eigenvalue weighted by Gasteiger charge is 2.27. The summed E-state index contributed by atoms with van der Waals surface area (Å²) in [6.45, 7) is 34.2. The van der Waals surface area contributed by atoms with E-state index in [4.69, 9.17) is 9.97 Å². The molecule has 0 unspecified atom stereocenters. The number of rotatable bonds is 3. The summed E-state index contributed by atoms with van der Waals surface area (Å²) in [6.07, 6.45) is 8.78. The minimum Gasteiger partial charge on any atom is -0.354 e. The second kappa shape index (κ2) is 15.7. The van der Waals surface area contributed by atoms with E-state index < -0.39 is 0 Å². The maximum Gasteiger partial charge on any atom is 0.0738 e. The van der Waals surface area contributed by atoms with Crippen LogP contribution in [-0.4, -0.2) is 19.9 Å². The molecule has 8 bridgehead atoms. The Morgan fingerprint density at radius 3 is 1.00 bits per heavy atom. The summed E-state index contributed by atoms with van der Waals surface area (Å²) >= 11 is 7.99. The lowest BCUT2D eigenvalue weighted by molar-refractivity contribution is 0.568. The molecule has 324 valence electrons. The van der Waals surface area contributed by atoms with Crippen molar-refractivity contribution in [2.24, 2.45) is 0 Å². The highest BCUT2D eigenvalue weighted by molar-refractivity contribution is 9.11. The maximum atomic E-state index is 5.64. The average Bonchev–Trinajstić information content (AvgIpc) is 3.97. The molecule has 5 heterocycles. The number of aromatic nitrogens is 4. The lowest BCUT2D eigenvalue weighted by Gasteiger charge is -2.26. The fraction of sp³-hybridized carbons (Fsp3) is 0.333. The smallest absolute Gasteiger partial charge is 0.0738 e. The predicted octanol–water partition coefficient (Wildman–Crippen LogP) is 17.3. The van der Waals surface area contributed by atoms with E-state index >= 15 is 0 Å². The molecule has 2 aliphatic heterocycles. The largest absolute Gasteiger partial charge is 0.354 e. The second-order valence-electron chi connectivity index (χ2n) is 22.0. The maximum absolute atomic E-state index is 5.64. The molecule has 2 aliphatic rings. The van der Waals surface area contributed by atoms with Crippen molar-refractivity contribution in [1.29, 1.82) is 0 Å². The van der Waals surface area contributed by atoms with Crippen molar-refractivity contribution < 1.29 is 0 Å². The van der Waals surface area contributed by atoms with E-state index in [9.17, 15) is 0 Å². The van der Waals surface area contributed by atoms with Gasteiger partial charge in [0, 0.05) is 36.7 Å². The summed E-state index contributed by atoms with van der Waals surface area (Å²) in [5.41, 5.74) is 22.6. The van der Waals surface area contributed by atoms with Gasteiger partial charge in [0.25, 0.3) is 0 Å². The topological polar surface area (TPSA) is 57.4 Å². The zero-order chi connectivity index (χ0) is 45.7. The second-order valence-corrected chi connectivity index (χ2v) is 23.7. The number of halogens is 2. The van der Waals surface area contributed by atoms with Crippen LogP contribution in [0.4, 0.5) is 0 Å². The molecule has 0 aliphatic carbocycles. The van der Waals surface area contributed by atoms with Crippen LogP contribution in [0.3, 0.4) is 0 Å². The van der Waals surface area contributed by atoms with Crippen molar-refractivity contribution in [3.8, 4) is 33.4 Å². The van der Waals surface area contributed by atoms with Crippen LogP contribution in [0.2, 0.25) is 0 Å². The van der Waals surface area contributed by atoms with E-state index in [2.05, 4.69) is 237 Å². The summed E-state index contributed by atoms with van der Waals surface area (Å²) in [5, 5.41) is 0. The Labute approximate surface area is 392 Å². The number of H-pyrrole nitrogens is 2. The van der Waals surface area contributed by atoms with Crippen molar-refractivity contribution in [3.63, 3.8) is 0 Å². The van der Waals surface area contributed by atoms with Crippen molar-refractivity contribution in [2.45, 2.75) is 126 Å². The monoisotopic (exact) mass is 960 g/mol. The van der Waals surface area contributed by atoms with Gasteiger partial charge in [-0.2, -0.15) is 0 Å². The van der Waals surface area contributed by atoms with Gasteiger partial charge in [-0.3, -0.25) is 0 Å². The van der Waals surface area contributed by atoms with E-state index in [0.29, 0.717) is 0 Å². The number of hydrogen-bond acceptors (Lipinski definition) is 2. The number of benzene rings is 3. The molecule has 6 heteroatoms. The number of aryl methyl sites for hydroxylation is 3. The average molecular weight is 963 g/mol. The first kappa shape index (κ1) is 44.8. The van der Waals surface area contributed by atoms with E-state index in [1.807, 2.05) is 0 Å². The van der Waals surface area contributed by atoms with Crippen LogP contribution in [0.1, 0.15) is 145 Å². The van der Waals surface area contributed by atoms with Gasteiger partial charge in [0.15, 0.2) is 0 Å². The molecule has 2 N–H and O–H groups in total. The number of aromatic amines is 2. The number of hydrogen-bond donors (Lipinski definition) is 2. The Morgan fingerprint density at radius 2 is 0.683 bits per heavy atom. The lowest BCUT2D eigenvalue weighted by Crippen LogP contribution is -2.16. The predicted molar refractivity (Wildman–Crippen MR) is 280 cm³/mol. The van der Waals surface area contributed by atoms with Gasteiger partial charge in [0.05, 0.1) is 33.8 Å². The van der Waals surface area contributed by atoms with Gasteiger partial charge < -0.3 is 9.97 Å². The summed E-state index contributed by atoms with van der Waals surface area (Å²) in [6, 6.07) is 25.4. The van der Waals surface area contributed by atoms with Gasteiger partial charge in [0.1, 0.15) is 0 Å². The van der Waals surface area contributed by atoms with Gasteiger partial charge >= 0.3 is 0 Å². The Morgan fingerprint density at radius 1 is 0.365 bits per heavy atom. The van der Waals surface area contributed by atoms with Crippen molar-refractivity contribution in [1.82, 2.24) is 19.9 Å². The van der Waals surface area contributed by atoms with E-state index in [0.717, 1.165) is 87.2 Å². The molecule has 0 amide bonds. The molecule has 0 fully saturated rings. The zero-order valence-electron chi connectivity index (χ0n) is 39.8. The van der Waals surface area contributed by atoms with Gasteiger partial charge in [-0.15, -0.1) is 0 Å². The van der Waals surface area contributed by atoms with Crippen LogP contribution >= 0.6 is 31.9 Å². The Hall–Kier alpha value is -4.78. The molecule has 0 radical (unpaired) electrons. The van der Waals surface area contributed by atoms with Gasteiger partial charge in [-0.25, -0.2) is 9.97 Å². The third-order valence-corrected chi connectivity index (χ3v) is 13.9. The number of nitrogens with one attached hydrogen (secondary N) is 2. The van der Waals surface area contributed by atoms with Gasteiger partial charge in [-0.05, 0) is 167 Å². The highest BCUT2D eigenvalue weighted by Crippen LogP contribution is 2.43. The van der Waals surface area contributed by atoms with Crippen molar-refractivity contribution in [2.75, 3.05) is 0 Å². The normalized spacial score (nSPS) is 13.3. The quantitative estimate of drug-likeness (QED) is 0.185. The molecule has 6 aromatic rings. The summed E-state index contributed by atoms with van der Waals surface area (Å²) < 4.78 is 1.93. The molecular weight excluding hydrogens is 900 g/mol. The fourth-order valence-corrected chi connectivity index (χ4v) is 9.80. The van der Waals surface area contributed by atoms with Crippen LogP contribution in [-0.2, 0) is 21.7 Å². The Kier molecular flexibility index (Phi) is 11.2. The molecule has 8 rings (SSSR count). The molecule has 0 saturated carbocycles. The van der Waals surface area contributed by atoms with Gasteiger partial charge in [-0.1, -0.05) is 137 Å². The minimum absolute atomic E-state index is 0.0623. The molecule has 4 nitrogen and oxygen atoms in total. The molecule has 0 atom stereocenters. The molecule has 63 heavy (non-hydrogen) atoms. The molecular formula is C57H62Br2N4. The minimum atomic E-state index is -0.0623. The van der Waals surface area contributed by atoms with Crippen LogP contribution in [0.25, 0.3) is 79.8 Å². The lowest BCUT2D eigenvalue weighted by atomic mass is 9.78. The van der Waals surface area contributed by atoms with E-state index in [-0.39, 0.29) is 21.7 Å². The fourth-order valence-electron chi connectivity index (χ4n) is 8.92. The van der Waals surface area contributed by atoms with Crippen molar-refractivity contribution in [3.05, 3.63) is 137 Å². The molecule has 0 saturated heterocycles. The first-order chi connectivity index (χ1) is 29.3. The molecule has 3 aromatic carbocycles. The summed E-state index contributed by atoms with van der Waals surface area (Å²) in [4.78, 5) is 19.0. The SMILES string of the molecule is Cc1cc(C)c(-c2c3nc(c(-c4cc(C(C)(C)C)cc(C(C)(C)C)c4)c4cc(Br)c(cc5[nH]c(cc5Br)c(-c5cc(C(C)(C)C)cc(C(C)(C)C)c5)c5nc2C=C5)[nH]4)C=C3)c(C)c1. The van der Waals surface area contributed by atoms with Crippen LogP contribution in [0.15, 0.2) is 75.7 Å². The standard InChI is InChI=1S/C57H62Br2N4/c1-31-20-32(2)50(33(3)21-31)53-44-18-16-42(60-44)51(34-22-36(54(4,5)6)26-37(23-34)55(7,8)9)48-28-40(58)46(62-48)30-47-41(59)29-49(63-47)52(43-17-19-45(53)61-43)35-24-38(56(10,11)12)27-39(25-35)57(13,14)15/h16-30,62-63H,1-15H3. The number of fused-ring (bicyclic) bond motifs is 8. The molecule has 3 aromatic heterocycles. The van der Waals surface area contributed by atoms with Crippen LogP contribution < -0.4 is 0 Å². The summed E-state index contributed by atoms with van der Waals surface area (Å²) in [7, 11) is 0. The Bertz CT molecular complexity index is 2820. The van der Waals surface area contributed by atoms with E-state index in [1.54, 1.807) is 0 Å². The number of nitrogens with zero attached hydrogens (tertiary/aromatic N) is 2. The van der Waals surface area contributed by atoms with E-state index in [1.165, 1.54) is 38.9 Å². The molecule has 0 spiro atoms. The Balaban J connectivity index is 1.59. The van der Waals surface area contributed by atoms with Crippen LogP contribution in [0.5, 0.6) is 0 Å².